The number of sulfonamides is 1. The monoisotopic (exact) mass is 415 g/mol. The minimum Gasteiger partial charge on any atom is -0.326 e. The lowest BCUT2D eigenvalue weighted by atomic mass is 10.0. The molecule has 0 unspecified atom stereocenters. The first kappa shape index (κ1) is 20.0. The smallest absolute Gasteiger partial charge is 0.263 e. The molecule has 0 radical (unpaired) electrons. The van der Waals surface area contributed by atoms with Gasteiger partial charge in [-0.2, -0.15) is 0 Å². The number of hydrogen-bond acceptors (Lipinski definition) is 5. The fourth-order valence-electron chi connectivity index (χ4n) is 2.76. The maximum absolute atomic E-state index is 12.3. The SMILES string of the molecule is Cc1ccc(CCC(=O)Nc2ccc(S(=O)(=O)Nc3nccs3)cc2)c(C)c1. The zero-order chi connectivity index (χ0) is 20.1. The van der Waals surface area contributed by atoms with E-state index in [1.165, 1.54) is 40.8 Å². The number of amides is 1. The van der Waals surface area contributed by atoms with Crippen molar-refractivity contribution in [1.82, 2.24) is 4.98 Å². The van der Waals surface area contributed by atoms with Gasteiger partial charge in [-0.15, -0.1) is 11.3 Å². The van der Waals surface area contributed by atoms with Gasteiger partial charge in [-0.25, -0.2) is 13.4 Å². The molecule has 0 saturated carbocycles. The van der Waals surface area contributed by atoms with Crippen LogP contribution >= 0.6 is 11.3 Å². The molecule has 28 heavy (non-hydrogen) atoms. The van der Waals surface area contributed by atoms with Crippen molar-refractivity contribution in [2.75, 3.05) is 10.0 Å². The van der Waals surface area contributed by atoms with Gasteiger partial charge in [-0.1, -0.05) is 23.8 Å². The van der Waals surface area contributed by atoms with Crippen molar-refractivity contribution in [1.29, 1.82) is 0 Å². The molecule has 3 rings (SSSR count). The summed E-state index contributed by atoms with van der Waals surface area (Å²) in [5.41, 5.74) is 4.08. The zero-order valence-electron chi connectivity index (χ0n) is 15.6. The van der Waals surface area contributed by atoms with Gasteiger partial charge in [-0.05, 0) is 55.7 Å². The Kier molecular flexibility index (Phi) is 6.11. The van der Waals surface area contributed by atoms with E-state index in [0.29, 0.717) is 23.7 Å². The maximum Gasteiger partial charge on any atom is 0.263 e. The predicted molar refractivity (Wildman–Crippen MR) is 112 cm³/mol. The molecule has 1 aromatic heterocycles. The van der Waals surface area contributed by atoms with Gasteiger partial charge in [0.05, 0.1) is 4.90 Å². The van der Waals surface area contributed by atoms with Crippen LogP contribution in [0, 0.1) is 13.8 Å². The van der Waals surface area contributed by atoms with Crippen molar-refractivity contribution >= 4 is 38.1 Å². The lowest BCUT2D eigenvalue weighted by molar-refractivity contribution is -0.116. The van der Waals surface area contributed by atoms with Crippen LogP contribution in [0.15, 0.2) is 58.9 Å². The van der Waals surface area contributed by atoms with E-state index < -0.39 is 10.0 Å². The highest BCUT2D eigenvalue weighted by Gasteiger charge is 2.15. The predicted octanol–water partition coefficient (Wildman–Crippen LogP) is 4.13. The van der Waals surface area contributed by atoms with Crippen molar-refractivity contribution in [2.45, 2.75) is 31.6 Å². The standard InChI is InChI=1S/C20H21N3O3S2/c1-14-3-4-16(15(2)13-14)5-10-19(24)22-17-6-8-18(9-7-17)28(25,26)23-20-21-11-12-27-20/h3-4,6-9,11-13H,5,10H2,1-2H3,(H,21,23)(H,22,24). The van der Waals surface area contributed by atoms with Gasteiger partial charge in [0.25, 0.3) is 10.0 Å². The zero-order valence-corrected chi connectivity index (χ0v) is 17.2. The fourth-order valence-corrected chi connectivity index (χ4v) is 4.55. The summed E-state index contributed by atoms with van der Waals surface area (Å²) < 4.78 is 27.0. The van der Waals surface area contributed by atoms with Crippen LogP contribution < -0.4 is 10.0 Å². The topological polar surface area (TPSA) is 88.2 Å². The number of nitrogens with zero attached hydrogens (tertiary/aromatic N) is 1. The average molecular weight is 416 g/mol. The number of benzene rings is 2. The molecule has 0 atom stereocenters. The number of hydrogen-bond donors (Lipinski definition) is 2. The van der Waals surface area contributed by atoms with Crippen LogP contribution in [-0.4, -0.2) is 19.3 Å². The van der Waals surface area contributed by atoms with Gasteiger partial charge >= 0.3 is 0 Å². The molecule has 0 bridgehead atoms. The molecule has 1 heterocycles. The Morgan fingerprint density at radius 1 is 1.11 bits per heavy atom. The first-order valence-corrected chi connectivity index (χ1v) is 11.1. The van der Waals surface area contributed by atoms with Crippen LogP contribution in [0.2, 0.25) is 0 Å². The van der Waals surface area contributed by atoms with E-state index in [1.807, 2.05) is 26.0 Å². The molecular formula is C20H21N3O3S2. The molecule has 0 fully saturated rings. The van der Waals surface area contributed by atoms with E-state index in [0.717, 1.165) is 5.56 Å². The van der Waals surface area contributed by atoms with Gasteiger partial charge in [0.1, 0.15) is 0 Å². The van der Waals surface area contributed by atoms with Crippen LogP contribution in [0.5, 0.6) is 0 Å². The third-order valence-electron chi connectivity index (χ3n) is 4.22. The Hall–Kier alpha value is -2.71. The molecule has 2 N–H and O–H groups in total. The lowest BCUT2D eigenvalue weighted by Gasteiger charge is -2.09. The second-order valence-corrected chi connectivity index (χ2v) is 9.02. The van der Waals surface area contributed by atoms with E-state index in [4.69, 9.17) is 0 Å². The highest BCUT2D eigenvalue weighted by molar-refractivity contribution is 7.93. The molecular weight excluding hydrogens is 394 g/mol. The van der Waals surface area contributed by atoms with Crippen LogP contribution in [-0.2, 0) is 21.2 Å². The number of anilines is 2. The van der Waals surface area contributed by atoms with Crippen LogP contribution in [0.1, 0.15) is 23.1 Å². The number of carbonyl (C=O) groups excluding carboxylic acids is 1. The Labute approximate surface area is 168 Å². The van der Waals surface area contributed by atoms with Crippen LogP contribution in [0.4, 0.5) is 10.8 Å². The van der Waals surface area contributed by atoms with Gasteiger partial charge in [-0.3, -0.25) is 9.52 Å². The number of nitrogens with one attached hydrogen (secondary N) is 2. The Balaban J connectivity index is 1.58. The first-order chi connectivity index (χ1) is 13.3. The van der Waals surface area contributed by atoms with Crippen LogP contribution in [0.25, 0.3) is 0 Å². The summed E-state index contributed by atoms with van der Waals surface area (Å²) in [6.07, 6.45) is 2.54. The summed E-state index contributed by atoms with van der Waals surface area (Å²) in [5.74, 6) is -0.114. The number of thiazole rings is 1. The molecule has 8 heteroatoms. The van der Waals surface area contributed by atoms with Gasteiger partial charge in [0, 0.05) is 23.7 Å². The van der Waals surface area contributed by atoms with Gasteiger partial charge in [0.2, 0.25) is 5.91 Å². The molecule has 3 aromatic rings. The van der Waals surface area contributed by atoms with Crippen molar-refractivity contribution in [3.63, 3.8) is 0 Å². The minimum atomic E-state index is -3.70. The van der Waals surface area contributed by atoms with Crippen molar-refractivity contribution in [3.05, 3.63) is 70.7 Å². The van der Waals surface area contributed by atoms with Gasteiger partial charge in [0.15, 0.2) is 5.13 Å². The van der Waals surface area contributed by atoms with Crippen molar-refractivity contribution < 1.29 is 13.2 Å². The summed E-state index contributed by atoms with van der Waals surface area (Å²) >= 11 is 1.20. The first-order valence-electron chi connectivity index (χ1n) is 8.72. The summed E-state index contributed by atoms with van der Waals surface area (Å²) in [6, 6.07) is 12.3. The van der Waals surface area contributed by atoms with E-state index in [-0.39, 0.29) is 10.8 Å². The summed E-state index contributed by atoms with van der Waals surface area (Å²) in [7, 11) is -3.70. The second-order valence-electron chi connectivity index (χ2n) is 6.45. The molecule has 0 aliphatic carbocycles. The van der Waals surface area contributed by atoms with E-state index in [1.54, 1.807) is 17.5 Å². The largest absolute Gasteiger partial charge is 0.326 e. The second kappa shape index (κ2) is 8.53. The third-order valence-corrected chi connectivity index (χ3v) is 6.39. The van der Waals surface area contributed by atoms with E-state index in [9.17, 15) is 13.2 Å². The Morgan fingerprint density at radius 2 is 1.86 bits per heavy atom. The number of carbonyl (C=O) groups is 1. The van der Waals surface area contributed by atoms with E-state index >= 15 is 0 Å². The summed E-state index contributed by atoms with van der Waals surface area (Å²) in [4.78, 5) is 16.2. The van der Waals surface area contributed by atoms with Crippen molar-refractivity contribution in [2.24, 2.45) is 0 Å². The van der Waals surface area contributed by atoms with Crippen molar-refractivity contribution in [3.8, 4) is 0 Å². The van der Waals surface area contributed by atoms with E-state index in [2.05, 4.69) is 21.1 Å². The summed E-state index contributed by atoms with van der Waals surface area (Å²) in [6.45, 7) is 4.08. The summed E-state index contributed by atoms with van der Waals surface area (Å²) in [5, 5.41) is 4.80. The van der Waals surface area contributed by atoms with Crippen LogP contribution in [0.3, 0.4) is 0 Å². The molecule has 1 amide bonds. The highest BCUT2D eigenvalue weighted by atomic mass is 32.2. The third kappa shape index (κ3) is 5.17. The molecule has 0 aliphatic heterocycles. The maximum atomic E-state index is 12.3. The molecule has 2 aromatic carbocycles. The molecule has 0 saturated heterocycles. The minimum absolute atomic E-state index is 0.107. The average Bonchev–Trinajstić information content (AvgIpc) is 3.14. The normalized spacial score (nSPS) is 11.2. The Morgan fingerprint density at radius 3 is 2.50 bits per heavy atom. The molecule has 0 spiro atoms. The lowest BCUT2D eigenvalue weighted by Crippen LogP contribution is -2.14. The highest BCUT2D eigenvalue weighted by Crippen LogP contribution is 2.20. The molecule has 6 nitrogen and oxygen atoms in total. The number of rotatable bonds is 7. The Bertz CT molecular complexity index is 1060. The number of aryl methyl sites for hydroxylation is 3. The molecule has 0 aliphatic rings. The van der Waals surface area contributed by atoms with Gasteiger partial charge < -0.3 is 5.32 Å². The fraction of sp³-hybridized carbons (Fsp3) is 0.200. The molecule has 146 valence electrons. The quantitative estimate of drug-likeness (QED) is 0.607. The number of aromatic nitrogens is 1.